The molecule has 8 heteroatoms. The number of Topliss-reactive ketones (excluding diaryl/α,β-unsaturated/α-hetero) is 1. The summed E-state index contributed by atoms with van der Waals surface area (Å²) >= 11 is 1.26. The molecule has 3 heterocycles. The van der Waals surface area contributed by atoms with Gasteiger partial charge in [-0.2, -0.15) is 0 Å². The molecule has 1 amide bonds. The number of ether oxygens (including phenoxy) is 2. The summed E-state index contributed by atoms with van der Waals surface area (Å²) in [7, 11) is 0. The molecule has 0 saturated heterocycles. The van der Waals surface area contributed by atoms with Crippen LogP contribution in [-0.4, -0.2) is 23.5 Å². The fraction of sp³-hybridized carbons (Fsp3) is 0.250. The first-order valence-electron chi connectivity index (χ1n) is 9.02. The number of rotatable bonds is 3. The summed E-state index contributed by atoms with van der Waals surface area (Å²) in [6.45, 7) is 0.550. The maximum atomic E-state index is 12.7. The number of pyridine rings is 1. The molecule has 3 aromatic rings. The Bertz CT molecular complexity index is 1140. The second kappa shape index (κ2) is 6.49. The number of anilines is 1. The van der Waals surface area contributed by atoms with Crippen molar-refractivity contribution in [3.05, 3.63) is 46.0 Å². The molecule has 2 aromatic heterocycles. The minimum Gasteiger partial charge on any atom is -0.454 e. The molecule has 0 radical (unpaired) electrons. The number of nitrogens with one attached hydrogen (secondary N) is 1. The van der Waals surface area contributed by atoms with Crippen LogP contribution in [0.2, 0.25) is 0 Å². The minimum atomic E-state index is -0.262. The van der Waals surface area contributed by atoms with Crippen LogP contribution in [-0.2, 0) is 13.0 Å². The number of hydrogen-bond acceptors (Lipinski definition) is 7. The molecule has 0 fully saturated rings. The molecule has 1 aliphatic heterocycles. The van der Waals surface area contributed by atoms with Crippen LogP contribution in [0, 0.1) is 0 Å². The lowest BCUT2D eigenvalue weighted by atomic mass is 9.94. The van der Waals surface area contributed by atoms with E-state index in [2.05, 4.69) is 10.3 Å². The fourth-order valence-electron chi connectivity index (χ4n) is 3.54. The molecule has 3 N–H and O–H groups in total. The maximum Gasteiger partial charge on any atom is 0.263 e. The largest absolute Gasteiger partial charge is 0.454 e. The van der Waals surface area contributed by atoms with Crippen molar-refractivity contribution < 1.29 is 19.1 Å². The van der Waals surface area contributed by atoms with E-state index in [-0.39, 0.29) is 18.5 Å². The SMILES string of the molecule is Nc1c(C(=O)NCc2ccc3c(c2)OCO3)sc2nc3c(cc12)C(=O)CCC3. The van der Waals surface area contributed by atoms with Crippen LogP contribution in [0.5, 0.6) is 11.5 Å². The molecule has 1 aromatic carbocycles. The number of carbonyl (C=O) groups is 2. The van der Waals surface area contributed by atoms with Crippen molar-refractivity contribution >= 4 is 38.9 Å². The van der Waals surface area contributed by atoms with Gasteiger partial charge in [0.2, 0.25) is 6.79 Å². The van der Waals surface area contributed by atoms with E-state index in [1.807, 2.05) is 18.2 Å². The summed E-state index contributed by atoms with van der Waals surface area (Å²) in [5.41, 5.74) is 8.93. The first-order chi connectivity index (χ1) is 13.6. The molecular weight excluding hydrogens is 378 g/mol. The van der Waals surface area contributed by atoms with Crippen molar-refractivity contribution in [1.29, 1.82) is 0 Å². The van der Waals surface area contributed by atoms with Gasteiger partial charge in [0.05, 0.1) is 11.4 Å². The summed E-state index contributed by atoms with van der Waals surface area (Å²) in [6, 6.07) is 7.34. The molecule has 0 unspecified atom stereocenters. The number of nitrogens with two attached hydrogens (primary N) is 1. The zero-order valence-electron chi connectivity index (χ0n) is 14.9. The highest BCUT2D eigenvalue weighted by Crippen LogP contribution is 2.36. The second-order valence-corrected chi connectivity index (χ2v) is 7.83. The van der Waals surface area contributed by atoms with Crippen molar-refractivity contribution in [2.24, 2.45) is 0 Å². The van der Waals surface area contributed by atoms with Crippen LogP contribution < -0.4 is 20.5 Å². The summed E-state index contributed by atoms with van der Waals surface area (Å²) in [5.74, 6) is 1.21. The number of amides is 1. The van der Waals surface area contributed by atoms with Gasteiger partial charge in [-0.15, -0.1) is 11.3 Å². The lowest BCUT2D eigenvalue weighted by Crippen LogP contribution is -2.22. The van der Waals surface area contributed by atoms with E-state index in [1.165, 1.54) is 11.3 Å². The van der Waals surface area contributed by atoms with Crippen LogP contribution in [0.3, 0.4) is 0 Å². The number of nitrogen functional groups attached to an aromatic ring is 1. The van der Waals surface area contributed by atoms with E-state index in [0.29, 0.717) is 50.8 Å². The topological polar surface area (TPSA) is 104 Å². The molecule has 142 valence electrons. The molecule has 1 aliphatic carbocycles. The van der Waals surface area contributed by atoms with Crippen LogP contribution in [0.15, 0.2) is 24.3 Å². The average Bonchev–Trinajstić information content (AvgIpc) is 3.29. The smallest absolute Gasteiger partial charge is 0.263 e. The van der Waals surface area contributed by atoms with Crippen molar-refractivity contribution in [1.82, 2.24) is 10.3 Å². The van der Waals surface area contributed by atoms with Gasteiger partial charge in [0.15, 0.2) is 17.3 Å². The number of aromatic nitrogens is 1. The monoisotopic (exact) mass is 395 g/mol. The summed E-state index contributed by atoms with van der Waals surface area (Å²) in [4.78, 5) is 30.5. The summed E-state index contributed by atoms with van der Waals surface area (Å²) in [5, 5.41) is 3.56. The standard InChI is InChI=1S/C20H17N3O4S/c21-17-12-7-11-13(2-1-3-14(11)24)23-20(12)28-18(17)19(25)22-8-10-4-5-15-16(6-10)27-9-26-15/h4-7H,1-3,8-9,21H2,(H,22,25). The van der Waals surface area contributed by atoms with Gasteiger partial charge in [0, 0.05) is 23.9 Å². The number of ketones is 1. The van der Waals surface area contributed by atoms with Crippen molar-refractivity contribution in [2.75, 3.05) is 12.5 Å². The Balaban J connectivity index is 1.40. The predicted molar refractivity (Wildman–Crippen MR) is 105 cm³/mol. The van der Waals surface area contributed by atoms with E-state index in [1.54, 1.807) is 6.07 Å². The number of fused-ring (bicyclic) bond motifs is 3. The van der Waals surface area contributed by atoms with E-state index >= 15 is 0 Å². The van der Waals surface area contributed by atoms with Crippen molar-refractivity contribution in [3.63, 3.8) is 0 Å². The Kier molecular flexibility index (Phi) is 3.94. The Morgan fingerprint density at radius 2 is 2.07 bits per heavy atom. The van der Waals surface area contributed by atoms with Crippen molar-refractivity contribution in [3.8, 4) is 11.5 Å². The third-order valence-corrected chi connectivity index (χ3v) is 6.13. The summed E-state index contributed by atoms with van der Waals surface area (Å²) in [6.07, 6.45) is 2.13. The predicted octanol–water partition coefficient (Wildman–Crippen LogP) is 3.06. The van der Waals surface area contributed by atoms with Crippen LogP contribution in [0.25, 0.3) is 10.2 Å². The second-order valence-electron chi connectivity index (χ2n) is 6.83. The zero-order valence-corrected chi connectivity index (χ0v) is 15.7. The first kappa shape index (κ1) is 17.0. The van der Waals surface area contributed by atoms with Gasteiger partial charge in [-0.25, -0.2) is 4.98 Å². The van der Waals surface area contributed by atoms with Crippen molar-refractivity contribution in [2.45, 2.75) is 25.8 Å². The van der Waals surface area contributed by atoms with E-state index < -0.39 is 0 Å². The first-order valence-corrected chi connectivity index (χ1v) is 9.83. The number of thiophene rings is 1. The third kappa shape index (κ3) is 2.77. The third-order valence-electron chi connectivity index (χ3n) is 5.01. The van der Waals surface area contributed by atoms with E-state index in [0.717, 1.165) is 24.1 Å². The number of nitrogens with zero attached hydrogens (tertiary/aromatic N) is 1. The van der Waals surface area contributed by atoms with E-state index in [9.17, 15) is 9.59 Å². The Labute approximate surface area is 164 Å². The Hall–Kier alpha value is -3.13. The molecule has 2 aliphatic rings. The Morgan fingerprint density at radius 3 is 2.96 bits per heavy atom. The molecule has 28 heavy (non-hydrogen) atoms. The van der Waals surface area contributed by atoms with Gasteiger partial charge in [-0.3, -0.25) is 9.59 Å². The number of aryl methyl sites for hydroxylation is 1. The molecule has 7 nitrogen and oxygen atoms in total. The Morgan fingerprint density at radius 1 is 1.21 bits per heavy atom. The molecule has 0 saturated carbocycles. The molecule has 0 atom stereocenters. The number of hydrogen-bond donors (Lipinski definition) is 2. The quantitative estimate of drug-likeness (QED) is 0.706. The maximum absolute atomic E-state index is 12.7. The molecule has 0 spiro atoms. The zero-order chi connectivity index (χ0) is 19.3. The lowest BCUT2D eigenvalue weighted by Gasteiger charge is -2.13. The summed E-state index contributed by atoms with van der Waals surface area (Å²) < 4.78 is 10.7. The van der Waals surface area contributed by atoms with Gasteiger partial charge < -0.3 is 20.5 Å². The van der Waals surface area contributed by atoms with Gasteiger partial charge in [0.1, 0.15) is 9.71 Å². The number of carbonyl (C=O) groups excluding carboxylic acids is 2. The minimum absolute atomic E-state index is 0.0926. The lowest BCUT2D eigenvalue weighted by molar-refractivity contribution is 0.0952. The van der Waals surface area contributed by atoms with Gasteiger partial charge >= 0.3 is 0 Å². The van der Waals surface area contributed by atoms with E-state index in [4.69, 9.17) is 15.2 Å². The highest BCUT2D eigenvalue weighted by Gasteiger charge is 2.23. The molecular formula is C20H17N3O4S. The number of benzene rings is 1. The van der Waals surface area contributed by atoms with Gasteiger partial charge in [-0.1, -0.05) is 6.07 Å². The fourth-order valence-corrected chi connectivity index (χ4v) is 4.56. The van der Waals surface area contributed by atoms with Crippen LogP contribution in [0.1, 0.15) is 44.1 Å². The van der Waals surface area contributed by atoms with Crippen LogP contribution in [0.4, 0.5) is 5.69 Å². The highest BCUT2D eigenvalue weighted by atomic mass is 32.1. The van der Waals surface area contributed by atoms with Gasteiger partial charge in [0.25, 0.3) is 5.91 Å². The highest BCUT2D eigenvalue weighted by molar-refractivity contribution is 7.21. The van der Waals surface area contributed by atoms with Gasteiger partial charge in [-0.05, 0) is 36.6 Å². The average molecular weight is 395 g/mol. The molecule has 5 rings (SSSR count). The molecule has 0 bridgehead atoms. The normalized spacial score (nSPS) is 14.9. The van der Waals surface area contributed by atoms with Crippen LogP contribution >= 0.6 is 11.3 Å².